The smallest absolute Gasteiger partial charge is 0.310 e. The quantitative estimate of drug-likeness (QED) is 0.688. The largest absolute Gasteiger partial charge is 0.461 e. The molecule has 2 heterocycles. The number of aromatic nitrogens is 1. The summed E-state index contributed by atoms with van der Waals surface area (Å²) in [6.45, 7) is 1.74. The van der Waals surface area contributed by atoms with E-state index in [1.807, 2.05) is 0 Å². The van der Waals surface area contributed by atoms with Gasteiger partial charge in [0, 0.05) is 6.54 Å². The summed E-state index contributed by atoms with van der Waals surface area (Å²) in [5.41, 5.74) is 0.745. The first-order valence-electron chi connectivity index (χ1n) is 5.34. The topological polar surface area (TPSA) is 51.2 Å². The summed E-state index contributed by atoms with van der Waals surface area (Å²) in [6.07, 6.45) is 0.830. The molecule has 1 N–H and O–H groups in total. The van der Waals surface area contributed by atoms with Gasteiger partial charge in [-0.1, -0.05) is 23.2 Å². The first kappa shape index (κ1) is 15.5. The molecule has 2 rings (SSSR count). The van der Waals surface area contributed by atoms with E-state index in [1.54, 1.807) is 12.1 Å². The number of halogens is 3. The molecule has 1 aliphatic rings. The second kappa shape index (κ2) is 7.14. The zero-order valence-corrected chi connectivity index (χ0v) is 11.8. The molecule has 1 aromatic rings. The Balaban J connectivity index is 0.00000162. The second-order valence-corrected chi connectivity index (χ2v) is 4.69. The average Bonchev–Trinajstić information content (AvgIpc) is 2.78. The molecule has 0 aliphatic carbocycles. The van der Waals surface area contributed by atoms with Gasteiger partial charge in [-0.3, -0.25) is 4.79 Å². The Kier molecular flexibility index (Phi) is 6.15. The lowest BCUT2D eigenvalue weighted by molar-refractivity contribution is -0.149. The van der Waals surface area contributed by atoms with Crippen LogP contribution in [0.15, 0.2) is 12.1 Å². The Hall–Kier alpha value is -0.550. The Labute approximate surface area is 121 Å². The molecule has 1 fully saturated rings. The number of carbonyl (C=O) groups is 1. The number of carbonyl (C=O) groups excluding carboxylic acids is 1. The number of ether oxygens (including phenoxy) is 1. The lowest BCUT2D eigenvalue weighted by Crippen LogP contribution is -2.20. The molecule has 0 unspecified atom stereocenters. The van der Waals surface area contributed by atoms with Crippen LogP contribution in [0.2, 0.25) is 10.3 Å². The summed E-state index contributed by atoms with van der Waals surface area (Å²) >= 11 is 11.5. The van der Waals surface area contributed by atoms with E-state index in [0.29, 0.717) is 16.9 Å². The van der Waals surface area contributed by atoms with E-state index in [2.05, 4.69) is 10.3 Å². The van der Waals surface area contributed by atoms with Gasteiger partial charge in [-0.05, 0) is 30.7 Å². The minimum absolute atomic E-state index is 0. The summed E-state index contributed by atoms with van der Waals surface area (Å²) in [7, 11) is 0. The highest BCUT2D eigenvalue weighted by atomic mass is 35.5. The Morgan fingerprint density at radius 2 is 2.11 bits per heavy atom. The molecular formula is C11H13Cl3N2O2. The number of nitrogens with zero attached hydrogens (tertiary/aromatic N) is 1. The van der Waals surface area contributed by atoms with Crippen molar-refractivity contribution in [3.05, 3.63) is 28.0 Å². The molecule has 4 nitrogen and oxygen atoms in total. The van der Waals surface area contributed by atoms with Crippen LogP contribution in [-0.4, -0.2) is 24.0 Å². The predicted molar refractivity (Wildman–Crippen MR) is 72.3 cm³/mol. The van der Waals surface area contributed by atoms with E-state index >= 15 is 0 Å². The number of esters is 1. The van der Waals surface area contributed by atoms with E-state index in [9.17, 15) is 4.79 Å². The van der Waals surface area contributed by atoms with Crippen LogP contribution in [0.5, 0.6) is 0 Å². The van der Waals surface area contributed by atoms with Gasteiger partial charge in [-0.2, -0.15) is 0 Å². The highest BCUT2D eigenvalue weighted by Gasteiger charge is 2.23. The highest BCUT2D eigenvalue weighted by Crippen LogP contribution is 2.16. The van der Waals surface area contributed by atoms with E-state index < -0.39 is 0 Å². The van der Waals surface area contributed by atoms with Gasteiger partial charge in [0.1, 0.15) is 16.9 Å². The standard InChI is InChI=1S/C11H12Cl2N2O2.ClH/c12-9-3-7(4-10(13)15-9)6-17-11(16)8-1-2-14-5-8;/h3-4,8,14H,1-2,5-6H2;1H/t8-;/m1./s1. The van der Waals surface area contributed by atoms with Gasteiger partial charge in [0.2, 0.25) is 0 Å². The van der Waals surface area contributed by atoms with Crippen LogP contribution in [0, 0.1) is 5.92 Å². The van der Waals surface area contributed by atoms with Crippen LogP contribution in [0.25, 0.3) is 0 Å². The third-order valence-corrected chi connectivity index (χ3v) is 2.98. The Morgan fingerprint density at radius 1 is 1.44 bits per heavy atom. The number of nitrogens with one attached hydrogen (secondary N) is 1. The third kappa shape index (κ3) is 4.28. The van der Waals surface area contributed by atoms with Crippen molar-refractivity contribution in [1.82, 2.24) is 10.3 Å². The maximum atomic E-state index is 11.6. The summed E-state index contributed by atoms with van der Waals surface area (Å²) in [5, 5.41) is 3.71. The van der Waals surface area contributed by atoms with Crippen LogP contribution in [0.3, 0.4) is 0 Å². The molecule has 1 aliphatic heterocycles. The zero-order chi connectivity index (χ0) is 12.3. The molecule has 18 heavy (non-hydrogen) atoms. The molecule has 1 saturated heterocycles. The van der Waals surface area contributed by atoms with Crippen LogP contribution in [-0.2, 0) is 16.1 Å². The van der Waals surface area contributed by atoms with Gasteiger partial charge in [0.15, 0.2) is 0 Å². The van der Waals surface area contributed by atoms with E-state index in [0.717, 1.165) is 18.5 Å². The number of pyridine rings is 1. The average molecular weight is 312 g/mol. The Bertz CT molecular complexity index is 402. The number of hydrogen-bond acceptors (Lipinski definition) is 4. The van der Waals surface area contributed by atoms with Crippen molar-refractivity contribution in [3.8, 4) is 0 Å². The fourth-order valence-electron chi connectivity index (χ4n) is 1.73. The second-order valence-electron chi connectivity index (χ2n) is 3.92. The fraction of sp³-hybridized carbons (Fsp3) is 0.455. The van der Waals surface area contributed by atoms with E-state index in [-0.39, 0.29) is 30.9 Å². The maximum Gasteiger partial charge on any atom is 0.310 e. The van der Waals surface area contributed by atoms with E-state index in [1.165, 1.54) is 0 Å². The van der Waals surface area contributed by atoms with Crippen molar-refractivity contribution in [1.29, 1.82) is 0 Å². The summed E-state index contributed by atoms with van der Waals surface area (Å²) < 4.78 is 5.20. The third-order valence-electron chi connectivity index (χ3n) is 2.60. The number of hydrogen-bond donors (Lipinski definition) is 1. The first-order valence-corrected chi connectivity index (χ1v) is 6.10. The molecule has 1 aromatic heterocycles. The summed E-state index contributed by atoms with van der Waals surface area (Å²) in [4.78, 5) is 15.5. The number of rotatable bonds is 3. The molecule has 1 atom stereocenters. The van der Waals surface area contributed by atoms with Gasteiger partial charge in [0.05, 0.1) is 5.92 Å². The monoisotopic (exact) mass is 310 g/mol. The van der Waals surface area contributed by atoms with Crippen molar-refractivity contribution in [2.75, 3.05) is 13.1 Å². The van der Waals surface area contributed by atoms with Crippen LogP contribution < -0.4 is 5.32 Å². The SMILES string of the molecule is Cl.O=C(OCc1cc(Cl)nc(Cl)c1)[C@@H]1CCNC1. The van der Waals surface area contributed by atoms with Crippen molar-refractivity contribution >= 4 is 41.6 Å². The molecule has 0 amide bonds. The molecule has 7 heteroatoms. The minimum atomic E-state index is -0.181. The molecule has 0 aromatic carbocycles. The van der Waals surface area contributed by atoms with Gasteiger partial charge in [-0.15, -0.1) is 12.4 Å². The van der Waals surface area contributed by atoms with Crippen molar-refractivity contribution in [2.24, 2.45) is 5.92 Å². The molecule has 0 radical (unpaired) electrons. The lowest BCUT2D eigenvalue weighted by Gasteiger charge is -2.09. The van der Waals surface area contributed by atoms with Gasteiger partial charge in [0.25, 0.3) is 0 Å². The van der Waals surface area contributed by atoms with Crippen molar-refractivity contribution in [2.45, 2.75) is 13.0 Å². The van der Waals surface area contributed by atoms with Crippen LogP contribution in [0.1, 0.15) is 12.0 Å². The van der Waals surface area contributed by atoms with E-state index in [4.69, 9.17) is 27.9 Å². The van der Waals surface area contributed by atoms with Crippen molar-refractivity contribution < 1.29 is 9.53 Å². The maximum absolute atomic E-state index is 11.6. The van der Waals surface area contributed by atoms with Gasteiger partial charge >= 0.3 is 5.97 Å². The van der Waals surface area contributed by atoms with Crippen molar-refractivity contribution in [3.63, 3.8) is 0 Å². The fourth-order valence-corrected chi connectivity index (χ4v) is 2.23. The molecule has 100 valence electrons. The van der Waals surface area contributed by atoms with Gasteiger partial charge < -0.3 is 10.1 Å². The predicted octanol–water partition coefficient (Wildman–Crippen LogP) is 2.46. The summed E-state index contributed by atoms with van der Waals surface area (Å²) in [6, 6.07) is 3.27. The first-order chi connectivity index (χ1) is 8.15. The zero-order valence-electron chi connectivity index (χ0n) is 9.49. The molecule has 0 saturated carbocycles. The molecule has 0 bridgehead atoms. The highest BCUT2D eigenvalue weighted by molar-refractivity contribution is 6.32. The molecular weight excluding hydrogens is 298 g/mol. The van der Waals surface area contributed by atoms with Crippen LogP contribution >= 0.6 is 35.6 Å². The van der Waals surface area contributed by atoms with Gasteiger partial charge in [-0.25, -0.2) is 4.98 Å². The summed E-state index contributed by atoms with van der Waals surface area (Å²) in [5.74, 6) is -0.221. The minimum Gasteiger partial charge on any atom is -0.461 e. The normalized spacial score (nSPS) is 18.2. The van der Waals surface area contributed by atoms with Crippen LogP contribution in [0.4, 0.5) is 0 Å². The Morgan fingerprint density at radius 3 is 2.67 bits per heavy atom. The lowest BCUT2D eigenvalue weighted by atomic mass is 10.1. The molecule has 0 spiro atoms.